The van der Waals surface area contributed by atoms with Crippen LogP contribution in [0.15, 0.2) is 24.3 Å². The summed E-state index contributed by atoms with van der Waals surface area (Å²) in [6.45, 7) is 0.306. The van der Waals surface area contributed by atoms with Gasteiger partial charge in [0.05, 0.1) is 0 Å². The Morgan fingerprint density at radius 2 is 2.33 bits per heavy atom. The van der Waals surface area contributed by atoms with Crippen LogP contribution in [0.3, 0.4) is 0 Å². The Labute approximate surface area is 75.2 Å². The van der Waals surface area contributed by atoms with Gasteiger partial charge in [0.1, 0.15) is 5.82 Å². The first-order chi connectivity index (χ1) is 5.68. The predicted molar refractivity (Wildman–Crippen MR) is 47.6 cm³/mol. The molecule has 0 fully saturated rings. The normalized spacial score (nSPS) is 9.50. The number of amides is 1. The molecule has 0 saturated heterocycles. The predicted octanol–water partition coefficient (Wildman–Crippen LogP) is 1.97. The molecule has 12 heavy (non-hydrogen) atoms. The van der Waals surface area contributed by atoms with Gasteiger partial charge < -0.3 is 5.32 Å². The summed E-state index contributed by atoms with van der Waals surface area (Å²) in [5.41, 5.74) is 0.720. The fourth-order valence-electron chi connectivity index (χ4n) is 0.825. The van der Waals surface area contributed by atoms with Crippen LogP contribution >= 0.6 is 12.6 Å². The third-order valence-corrected chi connectivity index (χ3v) is 1.49. The summed E-state index contributed by atoms with van der Waals surface area (Å²) < 4.78 is 12.6. The molecule has 4 heteroatoms. The largest absolute Gasteiger partial charge is 0.343 e. The van der Waals surface area contributed by atoms with Crippen molar-refractivity contribution in [3.63, 3.8) is 0 Å². The minimum Gasteiger partial charge on any atom is -0.343 e. The summed E-state index contributed by atoms with van der Waals surface area (Å²) in [5.74, 6) is -0.305. The minimum atomic E-state index is -0.417. The van der Waals surface area contributed by atoms with Crippen molar-refractivity contribution >= 4 is 17.9 Å². The van der Waals surface area contributed by atoms with Crippen LogP contribution in [0.25, 0.3) is 0 Å². The van der Waals surface area contributed by atoms with Gasteiger partial charge >= 0.3 is 0 Å². The van der Waals surface area contributed by atoms with Crippen LogP contribution in [-0.4, -0.2) is 5.24 Å². The van der Waals surface area contributed by atoms with E-state index >= 15 is 0 Å². The lowest BCUT2D eigenvalue weighted by Gasteiger charge is -2.00. The van der Waals surface area contributed by atoms with Crippen molar-refractivity contribution in [2.75, 3.05) is 0 Å². The Morgan fingerprint density at radius 1 is 1.58 bits per heavy atom. The molecular weight excluding hydrogens is 177 g/mol. The molecule has 1 N–H and O–H groups in total. The lowest BCUT2D eigenvalue weighted by Crippen LogP contribution is -2.15. The van der Waals surface area contributed by atoms with Gasteiger partial charge in [-0.25, -0.2) is 4.39 Å². The van der Waals surface area contributed by atoms with Crippen LogP contribution in [0.2, 0.25) is 0 Å². The second kappa shape index (κ2) is 4.11. The number of benzene rings is 1. The average molecular weight is 185 g/mol. The van der Waals surface area contributed by atoms with E-state index in [9.17, 15) is 9.18 Å². The van der Waals surface area contributed by atoms with Gasteiger partial charge in [0.2, 0.25) is 0 Å². The SMILES string of the molecule is O=C(S)NCc1cccc(F)c1. The molecule has 0 heterocycles. The smallest absolute Gasteiger partial charge is 0.276 e. The second-order valence-electron chi connectivity index (χ2n) is 2.29. The number of carbonyl (C=O) groups excluding carboxylic acids is 1. The Morgan fingerprint density at radius 3 is 2.92 bits per heavy atom. The van der Waals surface area contributed by atoms with E-state index < -0.39 is 5.24 Å². The molecule has 0 aliphatic heterocycles. The Hall–Kier alpha value is -1.03. The van der Waals surface area contributed by atoms with E-state index in [0.29, 0.717) is 6.54 Å². The van der Waals surface area contributed by atoms with E-state index in [1.165, 1.54) is 12.1 Å². The van der Waals surface area contributed by atoms with Crippen molar-refractivity contribution in [2.45, 2.75) is 6.54 Å². The molecule has 1 amide bonds. The van der Waals surface area contributed by atoms with Crippen LogP contribution in [0.4, 0.5) is 9.18 Å². The van der Waals surface area contributed by atoms with Gasteiger partial charge in [-0.3, -0.25) is 4.79 Å². The van der Waals surface area contributed by atoms with E-state index in [4.69, 9.17) is 0 Å². The summed E-state index contributed by atoms with van der Waals surface area (Å²) in [4.78, 5) is 10.4. The molecule has 1 aromatic carbocycles. The molecule has 0 aromatic heterocycles. The summed E-state index contributed by atoms with van der Waals surface area (Å²) in [7, 11) is 0. The second-order valence-corrected chi connectivity index (χ2v) is 2.69. The topological polar surface area (TPSA) is 29.1 Å². The molecule has 0 radical (unpaired) electrons. The van der Waals surface area contributed by atoms with Crippen LogP contribution in [0, 0.1) is 5.82 Å². The zero-order valence-corrected chi connectivity index (χ0v) is 7.14. The van der Waals surface area contributed by atoms with Gasteiger partial charge in [0, 0.05) is 6.54 Å². The van der Waals surface area contributed by atoms with Gasteiger partial charge in [-0.15, -0.1) is 0 Å². The van der Waals surface area contributed by atoms with Crippen LogP contribution < -0.4 is 5.32 Å². The van der Waals surface area contributed by atoms with E-state index in [1.54, 1.807) is 12.1 Å². The molecule has 0 unspecified atom stereocenters. The maximum absolute atomic E-state index is 12.6. The summed E-state index contributed by atoms with van der Waals surface area (Å²) in [6, 6.07) is 6.04. The lowest BCUT2D eigenvalue weighted by atomic mass is 10.2. The highest BCUT2D eigenvalue weighted by atomic mass is 32.1. The lowest BCUT2D eigenvalue weighted by molar-refractivity contribution is 0.260. The molecule has 0 aliphatic rings. The number of carbonyl (C=O) groups is 1. The number of hydrogen-bond donors (Lipinski definition) is 2. The number of rotatable bonds is 2. The van der Waals surface area contributed by atoms with Crippen molar-refractivity contribution < 1.29 is 9.18 Å². The number of thiol groups is 1. The summed E-state index contributed by atoms with van der Waals surface area (Å²) in [6.07, 6.45) is 0. The third-order valence-electron chi connectivity index (χ3n) is 1.33. The van der Waals surface area contributed by atoms with E-state index in [1.807, 2.05) is 0 Å². The van der Waals surface area contributed by atoms with Crippen LogP contribution in [0.1, 0.15) is 5.56 Å². The number of halogens is 1. The average Bonchev–Trinajstić information content (AvgIpc) is 2.01. The highest BCUT2D eigenvalue weighted by Crippen LogP contribution is 2.02. The molecule has 0 bridgehead atoms. The molecule has 0 aliphatic carbocycles. The van der Waals surface area contributed by atoms with Crippen LogP contribution in [0.5, 0.6) is 0 Å². The Kier molecular flexibility index (Phi) is 3.10. The maximum Gasteiger partial charge on any atom is 0.276 e. The molecule has 64 valence electrons. The maximum atomic E-state index is 12.6. The Balaban J connectivity index is 2.57. The molecule has 0 saturated carbocycles. The van der Waals surface area contributed by atoms with Crippen molar-refractivity contribution in [3.05, 3.63) is 35.6 Å². The van der Waals surface area contributed by atoms with Gasteiger partial charge in [-0.05, 0) is 17.7 Å². The first-order valence-corrected chi connectivity index (χ1v) is 3.84. The first-order valence-electron chi connectivity index (χ1n) is 3.40. The summed E-state index contributed by atoms with van der Waals surface area (Å²) in [5, 5.41) is 2.03. The number of hydrogen-bond acceptors (Lipinski definition) is 1. The fourth-order valence-corrected chi connectivity index (χ4v) is 0.904. The molecule has 1 rings (SSSR count). The molecule has 1 aromatic rings. The molecule has 0 spiro atoms. The van der Waals surface area contributed by atoms with Gasteiger partial charge in [-0.1, -0.05) is 24.8 Å². The summed E-state index contributed by atoms with van der Waals surface area (Å²) >= 11 is 3.51. The van der Waals surface area contributed by atoms with Crippen molar-refractivity contribution in [2.24, 2.45) is 0 Å². The molecule has 0 atom stereocenters. The monoisotopic (exact) mass is 185 g/mol. The van der Waals surface area contributed by atoms with Crippen LogP contribution in [-0.2, 0) is 6.54 Å². The zero-order chi connectivity index (χ0) is 8.97. The Bertz CT molecular complexity index is 290. The van der Waals surface area contributed by atoms with Gasteiger partial charge in [0.25, 0.3) is 5.24 Å². The quantitative estimate of drug-likeness (QED) is 0.678. The third kappa shape index (κ3) is 2.92. The standard InChI is InChI=1S/C8H8FNOS/c9-7-3-1-2-6(4-7)5-10-8(11)12/h1-4H,5H2,(H2,10,11,12). The molecular formula is C8H8FNOS. The van der Waals surface area contributed by atoms with E-state index in [2.05, 4.69) is 17.9 Å². The van der Waals surface area contributed by atoms with Gasteiger partial charge in [-0.2, -0.15) is 0 Å². The fraction of sp³-hybridized carbons (Fsp3) is 0.125. The highest BCUT2D eigenvalue weighted by molar-refractivity contribution is 7.96. The van der Waals surface area contributed by atoms with Crippen molar-refractivity contribution in [1.82, 2.24) is 5.32 Å². The molecule has 2 nitrogen and oxygen atoms in total. The van der Waals surface area contributed by atoms with E-state index in [0.717, 1.165) is 5.56 Å². The highest BCUT2D eigenvalue weighted by Gasteiger charge is 1.95. The van der Waals surface area contributed by atoms with E-state index in [-0.39, 0.29) is 5.82 Å². The minimum absolute atomic E-state index is 0.305. The number of nitrogens with one attached hydrogen (secondary N) is 1. The van der Waals surface area contributed by atoms with Crippen molar-refractivity contribution in [3.8, 4) is 0 Å². The van der Waals surface area contributed by atoms with Gasteiger partial charge in [0.15, 0.2) is 0 Å². The van der Waals surface area contributed by atoms with Crippen molar-refractivity contribution in [1.29, 1.82) is 0 Å². The zero-order valence-electron chi connectivity index (χ0n) is 6.25. The first kappa shape index (κ1) is 9.06.